The molecule has 5 rings (SSSR count). The molecular weight excluding hydrogens is 629 g/mol. The van der Waals surface area contributed by atoms with Gasteiger partial charge in [-0.1, -0.05) is 176 Å². The first-order valence-electron chi connectivity index (χ1n) is 19.0. The van der Waals surface area contributed by atoms with Gasteiger partial charge < -0.3 is 0 Å². The molecule has 1 aliphatic rings. The van der Waals surface area contributed by atoms with E-state index in [2.05, 4.69) is 156 Å². The summed E-state index contributed by atoms with van der Waals surface area (Å²) in [6.07, 6.45) is 24.1. The molecule has 0 aromatic heterocycles. The average Bonchev–Trinajstić information content (AvgIpc) is 3.41. The molecule has 0 saturated carbocycles. The van der Waals surface area contributed by atoms with Gasteiger partial charge in [0.15, 0.2) is 0 Å². The van der Waals surface area contributed by atoms with Crippen LogP contribution in [-0.4, -0.2) is 6.26 Å². The van der Waals surface area contributed by atoms with Crippen LogP contribution >= 0.6 is 24.4 Å². The van der Waals surface area contributed by atoms with Crippen molar-refractivity contribution < 1.29 is 0 Å². The molecule has 258 valence electrons. The number of unbranched alkanes of at least 4 members (excludes halogenated alkanes) is 2. The molecule has 1 aliphatic carbocycles. The Kier molecular flexibility index (Phi) is 14.0. The first-order valence-corrected chi connectivity index (χ1v) is 20.8. The van der Waals surface area contributed by atoms with Crippen LogP contribution in [0.15, 0.2) is 89.8 Å². The summed E-state index contributed by atoms with van der Waals surface area (Å²) in [5.74, 6) is 2.19. The minimum absolute atomic E-state index is 0.00934. The number of fused-ring (bicyclic) bond motifs is 3. The fourth-order valence-corrected chi connectivity index (χ4v) is 8.59. The zero-order valence-corrected chi connectivity index (χ0v) is 32.4. The van der Waals surface area contributed by atoms with Gasteiger partial charge in [0.25, 0.3) is 0 Å². The van der Waals surface area contributed by atoms with E-state index in [-0.39, 0.29) is 5.41 Å². The smallest absolute Gasteiger partial charge is 0.0220 e. The van der Waals surface area contributed by atoms with Crippen molar-refractivity contribution in [3.05, 3.63) is 124 Å². The first kappa shape index (κ1) is 37.3. The van der Waals surface area contributed by atoms with Crippen LogP contribution in [0.3, 0.4) is 0 Å². The Bertz CT molecular complexity index is 1550. The van der Waals surface area contributed by atoms with Crippen LogP contribution in [0.1, 0.15) is 131 Å². The lowest BCUT2D eigenvalue weighted by molar-refractivity contribution is 0.266. The van der Waals surface area contributed by atoms with Crippen molar-refractivity contribution in [1.29, 1.82) is 0 Å². The summed E-state index contributed by atoms with van der Waals surface area (Å²) in [6.45, 7) is 9.55. The number of rotatable bonds is 18. The van der Waals surface area contributed by atoms with Crippen molar-refractivity contribution in [2.75, 3.05) is 6.26 Å². The number of benzene rings is 4. The maximum absolute atomic E-state index is 4.45. The van der Waals surface area contributed by atoms with Crippen molar-refractivity contribution >= 4 is 48.7 Å². The fraction of sp³-hybridized carbons (Fsp3) is 0.404. The van der Waals surface area contributed by atoms with Gasteiger partial charge in [-0.2, -0.15) is 12.6 Å². The van der Waals surface area contributed by atoms with Gasteiger partial charge in [-0.15, -0.1) is 11.8 Å². The molecule has 2 atom stereocenters. The van der Waals surface area contributed by atoms with Gasteiger partial charge in [0.2, 0.25) is 0 Å². The Morgan fingerprint density at radius 1 is 0.592 bits per heavy atom. The third-order valence-corrected chi connectivity index (χ3v) is 12.1. The van der Waals surface area contributed by atoms with Gasteiger partial charge >= 0.3 is 0 Å². The number of hydrogen-bond donors (Lipinski definition) is 1. The molecule has 0 heterocycles. The van der Waals surface area contributed by atoms with Gasteiger partial charge in [0.1, 0.15) is 0 Å². The Balaban J connectivity index is 1.62. The summed E-state index contributed by atoms with van der Waals surface area (Å²) >= 11 is 6.24. The third-order valence-electron chi connectivity index (χ3n) is 11.0. The fourth-order valence-electron chi connectivity index (χ4n) is 7.97. The monoisotopic (exact) mass is 686 g/mol. The molecule has 4 aromatic carbocycles. The second-order valence-corrected chi connectivity index (χ2v) is 15.5. The summed E-state index contributed by atoms with van der Waals surface area (Å²) in [4.78, 5) is 1.31. The molecule has 0 saturated heterocycles. The number of thioether (sulfide) groups is 1. The molecule has 0 nitrogen and oxygen atoms in total. The predicted molar refractivity (Wildman–Crippen MR) is 224 cm³/mol. The molecule has 0 spiro atoms. The average molecular weight is 687 g/mol. The van der Waals surface area contributed by atoms with Crippen LogP contribution in [0, 0.1) is 11.8 Å². The van der Waals surface area contributed by atoms with Crippen molar-refractivity contribution in [3.63, 3.8) is 0 Å². The number of thiol groups is 1. The van der Waals surface area contributed by atoms with E-state index in [4.69, 9.17) is 0 Å². The quantitative estimate of drug-likeness (QED) is 0.0617. The molecule has 2 unspecified atom stereocenters. The van der Waals surface area contributed by atoms with Crippen LogP contribution in [0.2, 0.25) is 0 Å². The van der Waals surface area contributed by atoms with Crippen molar-refractivity contribution in [2.24, 2.45) is 11.8 Å². The van der Waals surface area contributed by atoms with Crippen molar-refractivity contribution in [1.82, 2.24) is 0 Å². The van der Waals surface area contributed by atoms with E-state index in [1.807, 2.05) is 0 Å². The molecule has 0 aliphatic heterocycles. The van der Waals surface area contributed by atoms with Gasteiger partial charge in [0, 0.05) is 16.1 Å². The zero-order valence-electron chi connectivity index (χ0n) is 30.7. The second-order valence-electron chi connectivity index (χ2n) is 14.3. The Hall–Kier alpha value is -2.94. The standard InChI is InChI=1S/C47H58S2/c1-6-10-12-35(8-3)32-47(33-36(9-4)13-11-7-2)45-30-39(18-14-37-16-20-41(34-48)21-17-37)24-28-43(45)44-29-25-40(31-46(44)47)19-15-38-22-26-42(49-5)27-23-38/h14-31,35-36,48H,6-13,32-34H2,1-5H3. The highest BCUT2D eigenvalue weighted by molar-refractivity contribution is 7.98. The lowest BCUT2D eigenvalue weighted by Gasteiger charge is -2.39. The predicted octanol–water partition coefficient (Wildman–Crippen LogP) is 14.7. The SMILES string of the molecule is CCCCC(CC)CC1(CC(CC)CCCC)c2cc(C=Cc3ccc(CS)cc3)ccc2-c2ccc(C=Cc3ccc(SC)cc3)cc21. The van der Waals surface area contributed by atoms with Gasteiger partial charge in [-0.3, -0.25) is 0 Å². The summed E-state index contributed by atoms with van der Waals surface area (Å²) in [5, 5.41) is 0. The lowest BCUT2D eigenvalue weighted by Crippen LogP contribution is -2.31. The van der Waals surface area contributed by atoms with Crippen LogP contribution in [0.5, 0.6) is 0 Å². The summed E-state index contributed by atoms with van der Waals surface area (Å²) < 4.78 is 0. The minimum Gasteiger partial charge on any atom is -0.175 e. The zero-order chi connectivity index (χ0) is 34.6. The normalized spacial score (nSPS) is 16.7. The molecule has 0 bridgehead atoms. The van der Waals surface area contributed by atoms with Crippen LogP contribution in [-0.2, 0) is 11.2 Å². The van der Waals surface area contributed by atoms with Gasteiger partial charge in [-0.25, -0.2) is 0 Å². The summed E-state index contributed by atoms with van der Waals surface area (Å²) in [5.41, 5.74) is 12.4. The summed E-state index contributed by atoms with van der Waals surface area (Å²) in [7, 11) is 0. The van der Waals surface area contributed by atoms with Crippen LogP contribution in [0.4, 0.5) is 0 Å². The molecule has 0 N–H and O–H groups in total. The molecule has 0 amide bonds. The molecule has 4 aromatic rings. The molecular formula is C47H58S2. The van der Waals surface area contributed by atoms with Crippen LogP contribution in [0.25, 0.3) is 35.4 Å². The van der Waals surface area contributed by atoms with Crippen LogP contribution < -0.4 is 0 Å². The highest BCUT2D eigenvalue weighted by atomic mass is 32.2. The third kappa shape index (κ3) is 9.25. The highest BCUT2D eigenvalue weighted by Crippen LogP contribution is 2.57. The van der Waals surface area contributed by atoms with E-state index < -0.39 is 0 Å². The highest BCUT2D eigenvalue weighted by Gasteiger charge is 2.45. The lowest BCUT2D eigenvalue weighted by atomic mass is 9.65. The van der Waals surface area contributed by atoms with E-state index in [0.717, 1.165) is 5.75 Å². The van der Waals surface area contributed by atoms with Crippen molar-refractivity contribution in [2.45, 2.75) is 108 Å². The van der Waals surface area contributed by atoms with E-state index >= 15 is 0 Å². The second kappa shape index (κ2) is 18.3. The van der Waals surface area contributed by atoms with Crippen molar-refractivity contribution in [3.8, 4) is 11.1 Å². The van der Waals surface area contributed by atoms with Gasteiger partial charge in [-0.05, 0) is 93.1 Å². The van der Waals surface area contributed by atoms with E-state index in [1.165, 1.54) is 108 Å². The topological polar surface area (TPSA) is 0 Å². The van der Waals surface area contributed by atoms with Gasteiger partial charge in [0.05, 0.1) is 0 Å². The first-order chi connectivity index (χ1) is 24.0. The van der Waals surface area contributed by atoms with E-state index in [1.54, 1.807) is 22.9 Å². The van der Waals surface area contributed by atoms with E-state index in [0.29, 0.717) is 11.8 Å². The Labute approximate surface area is 308 Å². The minimum atomic E-state index is 0.00934. The summed E-state index contributed by atoms with van der Waals surface area (Å²) in [6, 6.07) is 32.4. The largest absolute Gasteiger partial charge is 0.175 e. The molecule has 2 heteroatoms. The maximum atomic E-state index is 4.45. The molecule has 0 fully saturated rings. The molecule has 0 radical (unpaired) electrons. The molecule has 49 heavy (non-hydrogen) atoms. The number of hydrogen-bond acceptors (Lipinski definition) is 2. The Morgan fingerprint density at radius 3 is 1.43 bits per heavy atom. The Morgan fingerprint density at radius 2 is 1.02 bits per heavy atom. The van der Waals surface area contributed by atoms with E-state index in [9.17, 15) is 0 Å². The maximum Gasteiger partial charge on any atom is 0.0220 e.